The number of likely N-dealkylation sites (tertiary alicyclic amines) is 2. The number of ether oxygens (including phenoxy) is 1. The van der Waals surface area contributed by atoms with Gasteiger partial charge in [0.1, 0.15) is 5.60 Å². The van der Waals surface area contributed by atoms with Gasteiger partial charge < -0.3 is 24.5 Å². The minimum Gasteiger partial charge on any atom is -0.444 e. The van der Waals surface area contributed by atoms with Crippen LogP contribution in [-0.4, -0.2) is 73.3 Å². The third kappa shape index (κ3) is 8.92. The number of aromatic amines is 2. The van der Waals surface area contributed by atoms with Gasteiger partial charge in [0.25, 0.3) is 0 Å². The van der Waals surface area contributed by atoms with Crippen LogP contribution in [0.5, 0.6) is 0 Å². The van der Waals surface area contributed by atoms with Crippen molar-refractivity contribution in [1.29, 1.82) is 0 Å². The first-order chi connectivity index (χ1) is 23.6. The molecule has 2 atom stereocenters. The maximum atomic E-state index is 12.3. The molecule has 7 rings (SSSR count). The van der Waals surface area contributed by atoms with Crippen molar-refractivity contribution < 1.29 is 9.53 Å². The number of hydrogen-bond donors (Lipinski definition) is 2. The minimum atomic E-state index is -0.488. The summed E-state index contributed by atoms with van der Waals surface area (Å²) in [5.41, 5.74) is 4.56. The minimum absolute atomic E-state index is 0.0163. The van der Waals surface area contributed by atoms with Crippen molar-refractivity contribution in [3.63, 3.8) is 0 Å². The Morgan fingerprint density at radius 3 is 1.86 bits per heavy atom. The summed E-state index contributed by atoms with van der Waals surface area (Å²) in [6.07, 6.45) is 5.19. The molecule has 10 heteroatoms. The van der Waals surface area contributed by atoms with E-state index in [1.54, 1.807) is 9.47 Å². The molecule has 2 saturated heterocycles. The summed E-state index contributed by atoms with van der Waals surface area (Å²) in [5.74, 6) is 0.796. The molecule has 49 heavy (non-hydrogen) atoms. The zero-order valence-electron chi connectivity index (χ0n) is 29.1. The fraction of sp³-hybridized carbons (Fsp3) is 0.462. The summed E-state index contributed by atoms with van der Waals surface area (Å²) in [6, 6.07) is 26.3. The van der Waals surface area contributed by atoms with Gasteiger partial charge in [0.2, 0.25) is 0 Å². The van der Waals surface area contributed by atoms with E-state index in [0.29, 0.717) is 25.6 Å². The predicted molar refractivity (Wildman–Crippen MR) is 195 cm³/mol. The summed E-state index contributed by atoms with van der Waals surface area (Å²) >= 11 is 0. The third-order valence-electron chi connectivity index (χ3n) is 9.58. The van der Waals surface area contributed by atoms with Crippen molar-refractivity contribution in [2.75, 3.05) is 32.7 Å². The van der Waals surface area contributed by atoms with Crippen molar-refractivity contribution in [3.05, 3.63) is 105 Å². The molecule has 10 nitrogen and oxygen atoms in total. The molecule has 2 fully saturated rings. The second-order valence-corrected chi connectivity index (χ2v) is 14.6. The van der Waals surface area contributed by atoms with Crippen LogP contribution in [0.15, 0.2) is 88.5 Å². The van der Waals surface area contributed by atoms with Gasteiger partial charge in [-0.2, -0.15) is 0 Å². The Kier molecular flexibility index (Phi) is 10.7. The Morgan fingerprint density at radius 1 is 0.735 bits per heavy atom. The molecule has 0 aliphatic carbocycles. The third-order valence-corrected chi connectivity index (χ3v) is 9.58. The second-order valence-electron chi connectivity index (χ2n) is 14.6. The van der Waals surface area contributed by atoms with Crippen LogP contribution in [0.2, 0.25) is 0 Å². The molecule has 2 aromatic heterocycles. The highest BCUT2D eigenvalue weighted by Crippen LogP contribution is 2.23. The molecule has 2 N–H and O–H groups in total. The van der Waals surface area contributed by atoms with E-state index in [1.807, 2.05) is 73.9 Å². The number of piperidine rings is 2. The quantitative estimate of drug-likeness (QED) is 0.213. The molecule has 2 aliphatic heterocycles. The van der Waals surface area contributed by atoms with Gasteiger partial charge >= 0.3 is 17.5 Å². The fourth-order valence-corrected chi connectivity index (χ4v) is 7.23. The van der Waals surface area contributed by atoms with E-state index in [1.165, 1.54) is 24.9 Å². The zero-order chi connectivity index (χ0) is 34.4. The Labute approximate surface area is 287 Å². The smallest absolute Gasteiger partial charge is 0.410 e. The van der Waals surface area contributed by atoms with Crippen molar-refractivity contribution in [1.82, 2.24) is 28.9 Å². The lowest BCUT2D eigenvalue weighted by atomic mass is 9.97. The first-order valence-corrected chi connectivity index (χ1v) is 17.7. The van der Waals surface area contributed by atoms with E-state index in [-0.39, 0.29) is 23.4 Å². The number of nitrogens with zero attached hydrogens (tertiary/aromatic N) is 4. The number of carbonyl (C=O) groups excluding carboxylic acids is 1. The summed E-state index contributed by atoms with van der Waals surface area (Å²) < 4.78 is 9.16. The van der Waals surface area contributed by atoms with Crippen LogP contribution in [0.25, 0.3) is 22.1 Å². The van der Waals surface area contributed by atoms with Gasteiger partial charge in [-0.25, -0.2) is 14.4 Å². The Morgan fingerprint density at radius 2 is 1.27 bits per heavy atom. The Bertz CT molecular complexity index is 1950. The SMILES string of the molecule is CC(C)(C)OC(=O)N1CCC[C@H](Cn2c(=O)[nH]c3ccccc32)C1.O=c1[nH]c2ccccc2n1C[C@H]1CCCN(CCc2ccccc2)C1. The predicted octanol–water partition coefficient (Wildman–Crippen LogP) is 6.26. The van der Waals surface area contributed by atoms with E-state index in [0.717, 1.165) is 61.0 Å². The molecule has 2 aliphatic rings. The van der Waals surface area contributed by atoms with Crippen LogP contribution in [0.1, 0.15) is 52.0 Å². The molecule has 5 aromatic rings. The lowest BCUT2D eigenvalue weighted by Gasteiger charge is -2.34. The highest BCUT2D eigenvalue weighted by Gasteiger charge is 2.28. The lowest BCUT2D eigenvalue weighted by Crippen LogP contribution is -2.44. The molecule has 3 aromatic carbocycles. The highest BCUT2D eigenvalue weighted by atomic mass is 16.6. The van der Waals surface area contributed by atoms with Gasteiger partial charge in [0.05, 0.1) is 22.1 Å². The van der Waals surface area contributed by atoms with Crippen LogP contribution in [0.3, 0.4) is 0 Å². The standard InChI is InChI=1S/C21H25N3O.C18H25N3O3/c25-21-22-19-10-4-5-11-20(19)24(21)16-18-9-6-13-23(15-18)14-12-17-7-2-1-3-8-17;1-18(2,3)24-17(23)20-10-6-7-13(11-20)12-21-15-9-5-4-8-14(15)19-16(21)22/h1-5,7-8,10-11,18H,6,9,12-16H2,(H,22,25);4-5,8-9,13H,6-7,10-12H2,1-3H3,(H,19,22)/t18-;13-/m00/s1. The number of nitrogens with one attached hydrogen (secondary N) is 2. The summed E-state index contributed by atoms with van der Waals surface area (Å²) in [5, 5.41) is 0. The number of rotatable bonds is 7. The fourth-order valence-electron chi connectivity index (χ4n) is 7.23. The van der Waals surface area contributed by atoms with Gasteiger partial charge in [0.15, 0.2) is 0 Å². The summed E-state index contributed by atoms with van der Waals surface area (Å²) in [6.45, 7) is 11.7. The molecular weight excluding hydrogens is 616 g/mol. The van der Waals surface area contributed by atoms with E-state index in [4.69, 9.17) is 4.74 Å². The highest BCUT2D eigenvalue weighted by molar-refractivity contribution is 5.75. The Hall–Kier alpha value is -4.57. The largest absolute Gasteiger partial charge is 0.444 e. The monoisotopic (exact) mass is 666 g/mol. The van der Waals surface area contributed by atoms with Crippen molar-refractivity contribution >= 4 is 28.2 Å². The number of imidazole rings is 2. The number of para-hydroxylation sites is 4. The van der Waals surface area contributed by atoms with Crippen molar-refractivity contribution in [2.24, 2.45) is 11.8 Å². The van der Waals surface area contributed by atoms with Crippen LogP contribution in [0.4, 0.5) is 4.79 Å². The maximum absolute atomic E-state index is 12.3. The number of benzene rings is 3. The molecule has 4 heterocycles. The van der Waals surface area contributed by atoms with E-state index < -0.39 is 5.60 Å². The summed E-state index contributed by atoms with van der Waals surface area (Å²) in [7, 11) is 0. The average Bonchev–Trinajstić information content (AvgIpc) is 3.58. The molecule has 0 saturated carbocycles. The van der Waals surface area contributed by atoms with Crippen molar-refractivity contribution in [2.45, 2.75) is 71.6 Å². The van der Waals surface area contributed by atoms with Gasteiger partial charge in [0, 0.05) is 39.3 Å². The van der Waals surface area contributed by atoms with Crippen molar-refractivity contribution in [3.8, 4) is 0 Å². The number of amides is 1. The van der Waals surface area contributed by atoms with Crippen LogP contribution < -0.4 is 11.4 Å². The van der Waals surface area contributed by atoms with Gasteiger partial charge in [-0.15, -0.1) is 0 Å². The second kappa shape index (κ2) is 15.3. The van der Waals surface area contributed by atoms with E-state index in [9.17, 15) is 14.4 Å². The van der Waals surface area contributed by atoms with Crippen LogP contribution in [0, 0.1) is 11.8 Å². The normalized spacial score (nSPS) is 18.7. The molecular formula is C39H50N6O4. The molecule has 0 spiro atoms. The lowest BCUT2D eigenvalue weighted by molar-refractivity contribution is 0.0157. The number of aromatic nitrogens is 4. The summed E-state index contributed by atoms with van der Waals surface area (Å²) in [4.78, 5) is 47.0. The molecule has 0 radical (unpaired) electrons. The number of carbonyl (C=O) groups is 1. The van der Waals surface area contributed by atoms with Gasteiger partial charge in [-0.3, -0.25) is 9.13 Å². The molecule has 1 amide bonds. The molecule has 0 unspecified atom stereocenters. The first kappa shape index (κ1) is 34.3. The number of fused-ring (bicyclic) bond motifs is 2. The average molecular weight is 667 g/mol. The molecule has 0 bridgehead atoms. The Balaban J connectivity index is 0.000000170. The topological polar surface area (TPSA) is 108 Å². The zero-order valence-corrected chi connectivity index (χ0v) is 29.1. The maximum Gasteiger partial charge on any atom is 0.410 e. The number of H-pyrrole nitrogens is 2. The van der Waals surface area contributed by atoms with E-state index >= 15 is 0 Å². The van der Waals surface area contributed by atoms with Crippen LogP contribution in [-0.2, 0) is 24.2 Å². The van der Waals surface area contributed by atoms with Crippen LogP contribution >= 0.6 is 0 Å². The van der Waals surface area contributed by atoms with Gasteiger partial charge in [-0.05, 0) is 101 Å². The number of hydrogen-bond acceptors (Lipinski definition) is 5. The molecule has 260 valence electrons. The van der Waals surface area contributed by atoms with E-state index in [2.05, 4.69) is 45.2 Å². The first-order valence-electron chi connectivity index (χ1n) is 17.7. The van der Waals surface area contributed by atoms with Gasteiger partial charge in [-0.1, -0.05) is 54.6 Å².